The van der Waals surface area contributed by atoms with Crippen molar-refractivity contribution in [2.75, 3.05) is 13.2 Å². The lowest BCUT2D eigenvalue weighted by Crippen LogP contribution is -2.36. The van der Waals surface area contributed by atoms with E-state index < -0.39 is 33.7 Å². The Hall–Kier alpha value is -1.68. The van der Waals surface area contributed by atoms with Crippen LogP contribution in [0, 0.1) is 0 Å². The van der Waals surface area contributed by atoms with E-state index in [1.54, 1.807) is 0 Å². The average Bonchev–Trinajstić information content (AvgIpc) is 2.57. The molecule has 9 nitrogen and oxygen atoms in total. The standard InChI is InChI=1S/C17H31NO8S/c1-2-3-4-5-6-7-8-9-10-15(19)18-11-12-26-17(22)14(13-16(20)21)27(23,24)25/h14H,2-13H2,1H3,(H,18,19)(H,20,21)(H,23,24,25). The summed E-state index contributed by atoms with van der Waals surface area (Å²) >= 11 is 0. The van der Waals surface area contributed by atoms with Crippen LogP contribution in [0.25, 0.3) is 0 Å². The van der Waals surface area contributed by atoms with Gasteiger partial charge in [-0.3, -0.25) is 18.9 Å². The summed E-state index contributed by atoms with van der Waals surface area (Å²) in [5.41, 5.74) is 0. The fourth-order valence-electron chi connectivity index (χ4n) is 2.41. The first kappa shape index (κ1) is 25.3. The molecule has 0 aromatic heterocycles. The lowest BCUT2D eigenvalue weighted by atomic mass is 10.1. The third kappa shape index (κ3) is 14.1. The van der Waals surface area contributed by atoms with E-state index >= 15 is 0 Å². The highest BCUT2D eigenvalue weighted by atomic mass is 32.2. The summed E-state index contributed by atoms with van der Waals surface area (Å²) in [6.07, 6.45) is 8.21. The van der Waals surface area contributed by atoms with E-state index in [1.165, 1.54) is 32.1 Å². The van der Waals surface area contributed by atoms with Crippen LogP contribution in [-0.4, -0.2) is 54.3 Å². The van der Waals surface area contributed by atoms with Gasteiger partial charge in [0.1, 0.15) is 6.61 Å². The molecule has 0 aliphatic rings. The average molecular weight is 410 g/mol. The SMILES string of the molecule is CCCCCCCCCCC(=O)NCCOC(=O)C(CC(=O)O)S(=O)(=O)O. The Morgan fingerprint density at radius 2 is 1.56 bits per heavy atom. The molecule has 0 saturated heterocycles. The molecule has 0 heterocycles. The van der Waals surface area contributed by atoms with E-state index in [1.807, 2.05) is 0 Å². The van der Waals surface area contributed by atoms with E-state index in [4.69, 9.17) is 9.66 Å². The number of hydrogen-bond acceptors (Lipinski definition) is 6. The number of unbranched alkanes of at least 4 members (excludes halogenated alkanes) is 7. The zero-order valence-electron chi connectivity index (χ0n) is 15.8. The van der Waals surface area contributed by atoms with Gasteiger partial charge >= 0.3 is 11.9 Å². The van der Waals surface area contributed by atoms with Gasteiger partial charge in [-0.25, -0.2) is 0 Å². The van der Waals surface area contributed by atoms with Crippen molar-refractivity contribution in [3.05, 3.63) is 0 Å². The zero-order valence-corrected chi connectivity index (χ0v) is 16.6. The smallest absolute Gasteiger partial charge is 0.327 e. The normalized spacial score (nSPS) is 12.4. The largest absolute Gasteiger partial charge is 0.481 e. The Morgan fingerprint density at radius 3 is 2.07 bits per heavy atom. The van der Waals surface area contributed by atoms with Crippen molar-refractivity contribution in [2.24, 2.45) is 0 Å². The maximum absolute atomic E-state index is 11.6. The van der Waals surface area contributed by atoms with Crippen molar-refractivity contribution in [2.45, 2.75) is 76.4 Å². The topological polar surface area (TPSA) is 147 Å². The maximum Gasteiger partial charge on any atom is 0.327 e. The second-order valence-corrected chi connectivity index (χ2v) is 7.94. The van der Waals surface area contributed by atoms with E-state index in [0.29, 0.717) is 6.42 Å². The number of carbonyl (C=O) groups is 3. The zero-order chi connectivity index (χ0) is 20.7. The van der Waals surface area contributed by atoms with Crippen LogP contribution in [0.5, 0.6) is 0 Å². The number of aliphatic carboxylic acids is 1. The van der Waals surface area contributed by atoms with Crippen molar-refractivity contribution in [3.63, 3.8) is 0 Å². The Morgan fingerprint density at radius 1 is 1.00 bits per heavy atom. The summed E-state index contributed by atoms with van der Waals surface area (Å²) in [7, 11) is -4.88. The predicted octanol–water partition coefficient (Wildman–Crippen LogP) is 1.91. The number of nitrogens with one attached hydrogen (secondary N) is 1. The van der Waals surface area contributed by atoms with Crippen LogP contribution < -0.4 is 5.32 Å². The first-order chi connectivity index (χ1) is 12.7. The van der Waals surface area contributed by atoms with Gasteiger partial charge in [-0.15, -0.1) is 0 Å². The van der Waals surface area contributed by atoms with Crippen molar-refractivity contribution in [1.29, 1.82) is 0 Å². The maximum atomic E-state index is 11.6. The van der Waals surface area contributed by atoms with Crippen molar-refractivity contribution < 1.29 is 37.2 Å². The van der Waals surface area contributed by atoms with Gasteiger partial charge in [0.2, 0.25) is 5.91 Å². The molecule has 0 bridgehead atoms. The second-order valence-electron chi connectivity index (χ2n) is 6.34. The first-order valence-corrected chi connectivity index (χ1v) is 10.8. The molecule has 0 aliphatic heterocycles. The van der Waals surface area contributed by atoms with E-state index in [-0.39, 0.29) is 19.1 Å². The number of carboxylic acid groups (broad SMARTS) is 1. The number of carboxylic acids is 1. The van der Waals surface area contributed by atoms with Gasteiger partial charge in [-0.05, 0) is 6.42 Å². The molecular weight excluding hydrogens is 378 g/mol. The van der Waals surface area contributed by atoms with E-state index in [9.17, 15) is 22.8 Å². The van der Waals surface area contributed by atoms with E-state index in [0.717, 1.165) is 19.3 Å². The Bertz CT molecular complexity index is 561. The van der Waals surface area contributed by atoms with Gasteiger partial charge in [-0.1, -0.05) is 51.9 Å². The highest BCUT2D eigenvalue weighted by Gasteiger charge is 2.34. The molecule has 0 saturated carbocycles. The summed E-state index contributed by atoms with van der Waals surface area (Å²) < 4.78 is 35.5. The third-order valence-electron chi connectivity index (χ3n) is 3.91. The number of esters is 1. The Balaban J connectivity index is 3.85. The highest BCUT2D eigenvalue weighted by Crippen LogP contribution is 2.09. The lowest BCUT2D eigenvalue weighted by Gasteiger charge is -2.12. The molecular formula is C17H31NO8S. The molecule has 0 fully saturated rings. The summed E-state index contributed by atoms with van der Waals surface area (Å²) in [6, 6.07) is 0. The number of ether oxygens (including phenoxy) is 1. The summed E-state index contributed by atoms with van der Waals surface area (Å²) in [5.74, 6) is -3.13. The quantitative estimate of drug-likeness (QED) is 0.199. The van der Waals surface area contributed by atoms with Gasteiger partial charge in [0, 0.05) is 6.42 Å². The third-order valence-corrected chi connectivity index (χ3v) is 4.99. The number of hydrogen-bond donors (Lipinski definition) is 3. The molecule has 1 unspecified atom stereocenters. The minimum Gasteiger partial charge on any atom is -0.481 e. The van der Waals surface area contributed by atoms with Gasteiger partial charge < -0.3 is 15.2 Å². The molecule has 1 atom stereocenters. The molecule has 0 radical (unpaired) electrons. The number of rotatable bonds is 16. The number of amides is 1. The monoisotopic (exact) mass is 409 g/mol. The summed E-state index contributed by atoms with van der Waals surface area (Å²) in [5, 5.41) is 8.93. The molecule has 0 aromatic carbocycles. The first-order valence-electron chi connectivity index (χ1n) is 9.30. The summed E-state index contributed by atoms with van der Waals surface area (Å²) in [6.45, 7) is 1.84. The fraction of sp³-hybridized carbons (Fsp3) is 0.824. The molecule has 0 rings (SSSR count). The molecule has 0 aliphatic carbocycles. The minimum absolute atomic E-state index is 0.0210. The molecule has 27 heavy (non-hydrogen) atoms. The van der Waals surface area contributed by atoms with E-state index in [2.05, 4.69) is 17.0 Å². The molecule has 3 N–H and O–H groups in total. The van der Waals surface area contributed by atoms with Crippen LogP contribution >= 0.6 is 0 Å². The molecule has 1 amide bonds. The molecule has 158 valence electrons. The summed E-state index contributed by atoms with van der Waals surface area (Å²) in [4.78, 5) is 33.8. The predicted molar refractivity (Wildman–Crippen MR) is 98.8 cm³/mol. The van der Waals surface area contributed by atoms with Crippen LogP contribution in [0.15, 0.2) is 0 Å². The molecule has 10 heteroatoms. The van der Waals surface area contributed by atoms with Crippen LogP contribution in [-0.2, 0) is 29.2 Å². The fourth-order valence-corrected chi connectivity index (χ4v) is 3.08. The van der Waals surface area contributed by atoms with Crippen molar-refractivity contribution in [3.8, 4) is 0 Å². The van der Waals surface area contributed by atoms with Crippen molar-refractivity contribution in [1.82, 2.24) is 5.32 Å². The highest BCUT2D eigenvalue weighted by molar-refractivity contribution is 7.87. The Labute approximate surface area is 160 Å². The molecule has 0 aromatic rings. The van der Waals surface area contributed by atoms with Crippen LogP contribution in [0.4, 0.5) is 0 Å². The van der Waals surface area contributed by atoms with Gasteiger partial charge in [0.25, 0.3) is 10.1 Å². The van der Waals surface area contributed by atoms with Gasteiger partial charge in [-0.2, -0.15) is 8.42 Å². The van der Waals surface area contributed by atoms with Crippen molar-refractivity contribution >= 4 is 28.0 Å². The Kier molecular flexibility index (Phi) is 13.5. The van der Waals surface area contributed by atoms with Crippen LogP contribution in [0.2, 0.25) is 0 Å². The lowest BCUT2D eigenvalue weighted by molar-refractivity contribution is -0.147. The number of carbonyl (C=O) groups excluding carboxylic acids is 2. The second kappa shape index (κ2) is 14.4. The minimum atomic E-state index is -4.88. The van der Waals surface area contributed by atoms with Gasteiger partial charge in [0.15, 0.2) is 5.25 Å². The van der Waals surface area contributed by atoms with Crippen LogP contribution in [0.3, 0.4) is 0 Å². The van der Waals surface area contributed by atoms with Crippen LogP contribution in [0.1, 0.15) is 71.1 Å². The van der Waals surface area contributed by atoms with Gasteiger partial charge in [0.05, 0.1) is 13.0 Å². The molecule has 0 spiro atoms.